The van der Waals surface area contributed by atoms with Crippen LogP contribution in [-0.2, 0) is 0 Å². The van der Waals surface area contributed by atoms with Crippen LogP contribution in [-0.4, -0.2) is 27.6 Å². The number of furan rings is 1. The molecule has 4 heterocycles. The summed E-state index contributed by atoms with van der Waals surface area (Å²) >= 11 is 0. The quantitative estimate of drug-likeness (QED) is 0.164. The van der Waals surface area contributed by atoms with Crippen molar-refractivity contribution in [1.29, 1.82) is 0 Å². The molecule has 0 saturated heterocycles. The van der Waals surface area contributed by atoms with E-state index in [1.807, 2.05) is 12.1 Å². The van der Waals surface area contributed by atoms with Gasteiger partial charge in [0.1, 0.15) is 19.2 Å². The number of fused-ring (bicyclic) bond motifs is 10. The van der Waals surface area contributed by atoms with Crippen molar-refractivity contribution in [2.75, 3.05) is 0 Å². The topological polar surface area (TPSA) is 56.7 Å². The van der Waals surface area contributed by atoms with Gasteiger partial charge in [0.25, 0.3) is 0 Å². The van der Waals surface area contributed by atoms with Gasteiger partial charge in [-0.25, -0.2) is 15.0 Å². The number of aromatic nitrogens is 4. The number of para-hydroxylation sites is 3. The monoisotopic (exact) mass is 772 g/mol. The van der Waals surface area contributed by atoms with Gasteiger partial charge in [-0.1, -0.05) is 153 Å². The summed E-state index contributed by atoms with van der Waals surface area (Å²) in [4.78, 5) is 16.2. The van der Waals surface area contributed by atoms with Crippen LogP contribution in [0.25, 0.3) is 106 Å². The third-order valence-corrected chi connectivity index (χ3v) is 15.8. The minimum Gasteiger partial charge on any atom is -0.455 e. The van der Waals surface area contributed by atoms with E-state index in [4.69, 9.17) is 19.4 Å². The number of nitrogens with zero attached hydrogens (tertiary/aromatic N) is 4. The second-order valence-corrected chi connectivity index (χ2v) is 20.3. The lowest BCUT2D eigenvalue weighted by Gasteiger charge is -2.19. The maximum absolute atomic E-state index is 6.88. The molecule has 12 rings (SSSR count). The van der Waals surface area contributed by atoms with E-state index in [1.165, 1.54) is 32.3 Å². The van der Waals surface area contributed by atoms with Crippen molar-refractivity contribution in [3.8, 4) is 62.1 Å². The average molecular weight is 773 g/mol. The van der Waals surface area contributed by atoms with Gasteiger partial charge in [0.15, 0.2) is 17.5 Å². The molecule has 0 saturated carbocycles. The molecule has 59 heavy (non-hydrogen) atoms. The molecule has 0 fully saturated rings. The first-order valence-electron chi connectivity index (χ1n) is 20.1. The molecule has 0 amide bonds. The van der Waals surface area contributed by atoms with Crippen molar-refractivity contribution in [3.63, 3.8) is 0 Å². The van der Waals surface area contributed by atoms with Gasteiger partial charge in [0.2, 0.25) is 0 Å². The second kappa shape index (κ2) is 12.8. The third kappa shape index (κ3) is 5.13. The lowest BCUT2D eigenvalue weighted by atomic mass is 9.98. The van der Waals surface area contributed by atoms with E-state index < -0.39 is 8.07 Å². The summed E-state index contributed by atoms with van der Waals surface area (Å²) in [6.45, 7) is 4.88. The molecule has 3 aromatic heterocycles. The van der Waals surface area contributed by atoms with Crippen LogP contribution in [0.4, 0.5) is 0 Å². The van der Waals surface area contributed by atoms with Crippen LogP contribution in [0.15, 0.2) is 186 Å². The van der Waals surface area contributed by atoms with Crippen molar-refractivity contribution >= 4 is 62.2 Å². The molecule has 5 nitrogen and oxygen atoms in total. The predicted octanol–water partition coefficient (Wildman–Crippen LogP) is 12.3. The van der Waals surface area contributed by atoms with Gasteiger partial charge in [0, 0.05) is 49.5 Å². The number of hydrogen-bond acceptors (Lipinski definition) is 4. The van der Waals surface area contributed by atoms with Crippen molar-refractivity contribution < 1.29 is 4.42 Å². The molecule has 0 atom stereocenters. The smallest absolute Gasteiger partial charge is 0.164 e. The van der Waals surface area contributed by atoms with E-state index in [9.17, 15) is 0 Å². The summed E-state index contributed by atoms with van der Waals surface area (Å²) < 4.78 is 9.22. The summed E-state index contributed by atoms with van der Waals surface area (Å²) in [6.07, 6.45) is 0. The van der Waals surface area contributed by atoms with Gasteiger partial charge in [-0.05, 0) is 69.5 Å². The summed E-state index contributed by atoms with van der Waals surface area (Å²) in [6, 6.07) is 64.4. The molecule has 1 aliphatic heterocycles. The fourth-order valence-corrected chi connectivity index (χ4v) is 12.5. The summed E-state index contributed by atoms with van der Waals surface area (Å²) in [5.41, 5.74) is 12.6. The van der Waals surface area contributed by atoms with Gasteiger partial charge in [-0.2, -0.15) is 0 Å². The minimum absolute atomic E-state index is 0.614. The molecular formula is C53H36N4OSi. The van der Waals surface area contributed by atoms with Gasteiger partial charge >= 0.3 is 0 Å². The highest BCUT2D eigenvalue weighted by Gasteiger charge is 2.40. The van der Waals surface area contributed by atoms with Gasteiger partial charge in [0.05, 0.1) is 11.0 Å². The van der Waals surface area contributed by atoms with Crippen LogP contribution < -0.4 is 10.4 Å². The molecular weight excluding hydrogens is 737 g/mol. The Labute approximate surface area is 341 Å². The minimum atomic E-state index is -2.13. The molecule has 0 unspecified atom stereocenters. The third-order valence-electron chi connectivity index (χ3n) is 12.2. The zero-order chi connectivity index (χ0) is 39.2. The lowest BCUT2D eigenvalue weighted by molar-refractivity contribution is 0.670. The van der Waals surface area contributed by atoms with E-state index in [0.717, 1.165) is 66.5 Å². The first-order chi connectivity index (χ1) is 29.0. The normalized spacial score (nSPS) is 13.1. The molecule has 0 spiro atoms. The summed E-state index contributed by atoms with van der Waals surface area (Å²) in [7, 11) is -2.13. The maximum Gasteiger partial charge on any atom is 0.164 e. The standard InChI is InChI=1S/C53H36N4OSi/c1-59(2)46-27-14-11-24-41(46)49-47(59)32-42(48-40-23-10-13-26-45(40)58-50(48)49)53-55-51(35-19-15-18-34(30-35)33-16-5-3-6-17-33)54-52(56-53)36-28-29-39-38-22-9-12-25-43(38)57(44(39)31-36)37-20-7-4-8-21-37/h3-32H,1-2H3. The Morgan fingerprint density at radius 3 is 1.90 bits per heavy atom. The van der Waals surface area contributed by atoms with Crippen LogP contribution in [0.5, 0.6) is 0 Å². The summed E-state index contributed by atoms with van der Waals surface area (Å²) in [5, 5.41) is 7.21. The Kier molecular flexibility index (Phi) is 7.31. The molecule has 0 aliphatic carbocycles. The van der Waals surface area contributed by atoms with E-state index in [0.29, 0.717) is 17.5 Å². The number of benzene rings is 8. The van der Waals surface area contributed by atoms with Crippen LogP contribution >= 0.6 is 0 Å². The molecule has 8 aromatic carbocycles. The van der Waals surface area contributed by atoms with Crippen LogP contribution in [0.1, 0.15) is 0 Å². The Bertz CT molecular complexity index is 3480. The van der Waals surface area contributed by atoms with E-state index in [2.05, 4.69) is 188 Å². The van der Waals surface area contributed by atoms with Crippen molar-refractivity contribution in [2.45, 2.75) is 13.1 Å². The highest BCUT2D eigenvalue weighted by molar-refractivity contribution is 7.04. The highest BCUT2D eigenvalue weighted by atomic mass is 28.3. The van der Waals surface area contributed by atoms with Gasteiger partial charge in [-0.3, -0.25) is 0 Å². The Morgan fingerprint density at radius 2 is 1.07 bits per heavy atom. The number of hydrogen-bond donors (Lipinski definition) is 0. The largest absolute Gasteiger partial charge is 0.455 e. The summed E-state index contributed by atoms with van der Waals surface area (Å²) in [5.74, 6) is 1.86. The van der Waals surface area contributed by atoms with Crippen molar-refractivity contribution in [1.82, 2.24) is 19.5 Å². The zero-order valence-electron chi connectivity index (χ0n) is 32.5. The fourth-order valence-electron chi connectivity index (χ4n) is 9.42. The molecule has 0 radical (unpaired) electrons. The first-order valence-corrected chi connectivity index (χ1v) is 23.1. The molecule has 1 aliphatic rings. The number of rotatable bonds is 5. The maximum atomic E-state index is 6.88. The Hall–Kier alpha value is -7.41. The van der Waals surface area contributed by atoms with Crippen LogP contribution in [0.3, 0.4) is 0 Å². The SMILES string of the molecule is C[Si]1(C)c2ccccc2-c2c1cc(-c1nc(-c3cccc(-c4ccccc4)c3)nc(-c3ccc4c5ccccc5n(-c5ccccc5)c4c3)n1)c1c2oc2ccccc21. The molecule has 0 bridgehead atoms. The average Bonchev–Trinajstić information content (AvgIpc) is 3.92. The van der Waals surface area contributed by atoms with E-state index in [1.54, 1.807) is 0 Å². The van der Waals surface area contributed by atoms with Crippen LogP contribution in [0.2, 0.25) is 13.1 Å². The Balaban J connectivity index is 1.15. The highest BCUT2D eigenvalue weighted by Crippen LogP contribution is 2.44. The predicted molar refractivity (Wildman–Crippen MR) is 245 cm³/mol. The fraction of sp³-hybridized carbons (Fsp3) is 0.0377. The Morgan fingerprint density at radius 1 is 0.441 bits per heavy atom. The van der Waals surface area contributed by atoms with Gasteiger partial charge in [-0.15, -0.1) is 0 Å². The van der Waals surface area contributed by atoms with Crippen molar-refractivity contribution in [3.05, 3.63) is 182 Å². The first kappa shape index (κ1) is 33.7. The van der Waals surface area contributed by atoms with Crippen LogP contribution in [0, 0.1) is 0 Å². The van der Waals surface area contributed by atoms with Crippen molar-refractivity contribution in [2.24, 2.45) is 0 Å². The van der Waals surface area contributed by atoms with Gasteiger partial charge < -0.3 is 8.98 Å². The van der Waals surface area contributed by atoms with E-state index >= 15 is 0 Å². The molecule has 0 N–H and O–H groups in total. The molecule has 278 valence electrons. The molecule has 11 aromatic rings. The lowest BCUT2D eigenvalue weighted by Crippen LogP contribution is -2.49. The molecule has 6 heteroatoms. The van der Waals surface area contributed by atoms with E-state index in [-0.39, 0.29) is 0 Å². The zero-order valence-corrected chi connectivity index (χ0v) is 33.5. The second-order valence-electron chi connectivity index (χ2n) is 16.0.